The average molecular weight is 180 g/mol. The Labute approximate surface area is 81.3 Å². The van der Waals surface area contributed by atoms with E-state index >= 15 is 0 Å². The molecule has 74 valence electrons. The lowest BCUT2D eigenvalue weighted by atomic mass is 10.1. The fourth-order valence-corrected chi connectivity index (χ4v) is 2.11. The molecule has 1 N–H and O–H groups in total. The van der Waals surface area contributed by atoms with E-state index in [9.17, 15) is 0 Å². The van der Waals surface area contributed by atoms with Crippen LogP contribution in [0, 0.1) is 23.2 Å². The molecule has 2 atom stereocenters. The smallest absolute Gasteiger partial charge is 0.0622 e. The van der Waals surface area contributed by atoms with Gasteiger partial charge in [0.05, 0.1) is 6.07 Å². The van der Waals surface area contributed by atoms with Crippen LogP contribution in [-0.4, -0.2) is 13.1 Å². The molecule has 0 aliphatic heterocycles. The van der Waals surface area contributed by atoms with Gasteiger partial charge in [0.2, 0.25) is 0 Å². The van der Waals surface area contributed by atoms with Crippen molar-refractivity contribution in [2.24, 2.45) is 11.8 Å². The number of nitriles is 1. The molecule has 1 saturated carbocycles. The number of hydrogen-bond acceptors (Lipinski definition) is 2. The lowest BCUT2D eigenvalue weighted by Crippen LogP contribution is -2.22. The van der Waals surface area contributed by atoms with E-state index in [1.807, 2.05) is 0 Å². The highest BCUT2D eigenvalue weighted by Gasteiger charge is 2.20. The maximum atomic E-state index is 8.33. The first-order valence-electron chi connectivity index (χ1n) is 5.40. The van der Waals surface area contributed by atoms with Crippen molar-refractivity contribution in [1.29, 1.82) is 5.26 Å². The zero-order chi connectivity index (χ0) is 9.52. The van der Waals surface area contributed by atoms with Gasteiger partial charge >= 0.3 is 0 Å². The van der Waals surface area contributed by atoms with Crippen LogP contribution in [0.15, 0.2) is 0 Å². The van der Waals surface area contributed by atoms with E-state index in [2.05, 4.69) is 18.3 Å². The quantitative estimate of drug-likeness (QED) is 0.659. The van der Waals surface area contributed by atoms with Gasteiger partial charge in [-0.25, -0.2) is 0 Å². The van der Waals surface area contributed by atoms with E-state index in [4.69, 9.17) is 5.26 Å². The Balaban J connectivity index is 1.92. The second-order valence-corrected chi connectivity index (χ2v) is 4.25. The van der Waals surface area contributed by atoms with Crippen molar-refractivity contribution in [3.05, 3.63) is 0 Å². The Morgan fingerprint density at radius 3 is 2.92 bits per heavy atom. The van der Waals surface area contributed by atoms with Crippen LogP contribution >= 0.6 is 0 Å². The average Bonchev–Trinajstić information content (AvgIpc) is 2.51. The minimum Gasteiger partial charge on any atom is -0.316 e. The van der Waals surface area contributed by atoms with E-state index in [0.717, 1.165) is 31.3 Å². The standard InChI is InChI=1S/C11H20N2/c1-10-4-5-11(8-10)9-13-7-3-2-6-12/h10-11,13H,2-5,7-9H2,1H3. The van der Waals surface area contributed by atoms with Crippen LogP contribution in [0.25, 0.3) is 0 Å². The minimum absolute atomic E-state index is 0.689. The highest BCUT2D eigenvalue weighted by molar-refractivity contribution is 4.75. The van der Waals surface area contributed by atoms with Crippen LogP contribution in [-0.2, 0) is 0 Å². The topological polar surface area (TPSA) is 35.8 Å². The van der Waals surface area contributed by atoms with Crippen LogP contribution in [0.3, 0.4) is 0 Å². The van der Waals surface area contributed by atoms with Crippen LogP contribution < -0.4 is 5.32 Å². The van der Waals surface area contributed by atoms with Crippen molar-refractivity contribution >= 4 is 0 Å². The number of nitrogens with zero attached hydrogens (tertiary/aromatic N) is 1. The van der Waals surface area contributed by atoms with E-state index < -0.39 is 0 Å². The molecule has 1 aliphatic carbocycles. The fourth-order valence-electron chi connectivity index (χ4n) is 2.11. The van der Waals surface area contributed by atoms with Gasteiger partial charge in [-0.2, -0.15) is 5.26 Å². The first-order chi connectivity index (χ1) is 6.33. The SMILES string of the molecule is CC1CCC(CNCCCC#N)C1. The Morgan fingerprint density at radius 1 is 1.46 bits per heavy atom. The molecule has 2 nitrogen and oxygen atoms in total. The third-order valence-corrected chi connectivity index (χ3v) is 2.88. The molecule has 2 unspecified atom stereocenters. The van der Waals surface area contributed by atoms with E-state index in [1.165, 1.54) is 19.3 Å². The first kappa shape index (κ1) is 10.5. The predicted octanol–water partition coefficient (Wildman–Crippen LogP) is 2.32. The molecule has 0 aromatic heterocycles. The molecule has 0 amide bonds. The molecule has 13 heavy (non-hydrogen) atoms. The monoisotopic (exact) mass is 180 g/mol. The molecule has 0 aromatic carbocycles. The largest absolute Gasteiger partial charge is 0.316 e. The van der Waals surface area contributed by atoms with Crippen LogP contribution in [0.1, 0.15) is 39.0 Å². The lowest BCUT2D eigenvalue weighted by Gasteiger charge is -2.09. The van der Waals surface area contributed by atoms with Crippen LogP contribution in [0.4, 0.5) is 0 Å². The fraction of sp³-hybridized carbons (Fsp3) is 0.909. The zero-order valence-electron chi connectivity index (χ0n) is 8.55. The highest BCUT2D eigenvalue weighted by Crippen LogP contribution is 2.29. The molecule has 1 fully saturated rings. The summed E-state index contributed by atoms with van der Waals surface area (Å²) < 4.78 is 0. The molecular weight excluding hydrogens is 160 g/mol. The van der Waals surface area contributed by atoms with Crippen LogP contribution in [0.2, 0.25) is 0 Å². The van der Waals surface area contributed by atoms with Gasteiger partial charge in [-0.1, -0.05) is 13.3 Å². The third kappa shape index (κ3) is 4.28. The maximum Gasteiger partial charge on any atom is 0.0622 e. The summed E-state index contributed by atoms with van der Waals surface area (Å²) in [6, 6.07) is 2.16. The molecule has 0 spiro atoms. The van der Waals surface area contributed by atoms with E-state index in [0.29, 0.717) is 6.42 Å². The summed E-state index contributed by atoms with van der Waals surface area (Å²) in [5, 5.41) is 11.8. The lowest BCUT2D eigenvalue weighted by molar-refractivity contribution is 0.469. The van der Waals surface area contributed by atoms with E-state index in [-0.39, 0.29) is 0 Å². The summed E-state index contributed by atoms with van der Waals surface area (Å²) in [4.78, 5) is 0. The summed E-state index contributed by atoms with van der Waals surface area (Å²) in [7, 11) is 0. The second kappa shape index (κ2) is 5.99. The van der Waals surface area contributed by atoms with Crippen molar-refractivity contribution in [2.45, 2.75) is 39.0 Å². The number of rotatable bonds is 5. The van der Waals surface area contributed by atoms with Crippen molar-refractivity contribution in [1.82, 2.24) is 5.32 Å². The Hall–Kier alpha value is -0.550. The van der Waals surface area contributed by atoms with Gasteiger partial charge in [0.15, 0.2) is 0 Å². The number of hydrogen-bond donors (Lipinski definition) is 1. The molecule has 0 saturated heterocycles. The van der Waals surface area contributed by atoms with Gasteiger partial charge in [-0.15, -0.1) is 0 Å². The molecule has 2 heteroatoms. The van der Waals surface area contributed by atoms with E-state index in [1.54, 1.807) is 0 Å². The second-order valence-electron chi connectivity index (χ2n) is 4.25. The Morgan fingerprint density at radius 2 is 2.31 bits per heavy atom. The van der Waals surface area contributed by atoms with Gasteiger partial charge < -0.3 is 5.32 Å². The molecule has 0 bridgehead atoms. The third-order valence-electron chi connectivity index (χ3n) is 2.88. The molecule has 0 radical (unpaired) electrons. The van der Waals surface area contributed by atoms with Crippen LogP contribution in [0.5, 0.6) is 0 Å². The molecule has 0 aromatic rings. The predicted molar refractivity (Wildman–Crippen MR) is 54.2 cm³/mol. The molecular formula is C11H20N2. The zero-order valence-corrected chi connectivity index (χ0v) is 8.55. The van der Waals surface area contributed by atoms with Crippen molar-refractivity contribution < 1.29 is 0 Å². The number of nitrogens with one attached hydrogen (secondary N) is 1. The van der Waals surface area contributed by atoms with Gasteiger partial charge in [-0.05, 0) is 44.2 Å². The number of unbranched alkanes of at least 4 members (excludes halogenated alkanes) is 1. The van der Waals surface area contributed by atoms with Crippen molar-refractivity contribution in [2.75, 3.05) is 13.1 Å². The Bertz CT molecular complexity index is 171. The summed E-state index contributed by atoms with van der Waals surface area (Å²) >= 11 is 0. The van der Waals surface area contributed by atoms with Gasteiger partial charge in [0, 0.05) is 6.42 Å². The molecule has 1 aliphatic rings. The highest BCUT2D eigenvalue weighted by atomic mass is 14.9. The summed E-state index contributed by atoms with van der Waals surface area (Å²) in [5.41, 5.74) is 0. The minimum atomic E-state index is 0.689. The van der Waals surface area contributed by atoms with Gasteiger partial charge in [0.1, 0.15) is 0 Å². The molecule has 0 heterocycles. The summed E-state index contributed by atoms with van der Waals surface area (Å²) in [6.07, 6.45) is 5.88. The summed E-state index contributed by atoms with van der Waals surface area (Å²) in [5.74, 6) is 1.84. The normalized spacial score (nSPS) is 27.4. The molecule has 1 rings (SSSR count). The van der Waals surface area contributed by atoms with Crippen molar-refractivity contribution in [3.63, 3.8) is 0 Å². The first-order valence-corrected chi connectivity index (χ1v) is 5.40. The Kier molecular flexibility index (Phi) is 4.85. The van der Waals surface area contributed by atoms with Gasteiger partial charge in [0.25, 0.3) is 0 Å². The maximum absolute atomic E-state index is 8.33. The van der Waals surface area contributed by atoms with Crippen molar-refractivity contribution in [3.8, 4) is 6.07 Å². The summed E-state index contributed by atoms with van der Waals surface area (Å²) in [6.45, 7) is 4.52. The van der Waals surface area contributed by atoms with Gasteiger partial charge in [-0.3, -0.25) is 0 Å².